The predicted molar refractivity (Wildman–Crippen MR) is 321 cm³/mol. The van der Waals surface area contributed by atoms with Crippen LogP contribution >= 0.6 is 23.5 Å². The van der Waals surface area contributed by atoms with Crippen molar-refractivity contribution in [3.8, 4) is 0 Å². The predicted octanol–water partition coefficient (Wildman–Crippen LogP) is 11.5. The highest BCUT2D eigenvalue weighted by Gasteiger charge is 2.25. The highest BCUT2D eigenvalue weighted by Crippen LogP contribution is 2.12. The van der Waals surface area contributed by atoms with Gasteiger partial charge in [0, 0.05) is 98.7 Å². The highest BCUT2D eigenvalue weighted by molar-refractivity contribution is 7.98. The molecule has 0 aromatic heterocycles. The second-order valence-corrected chi connectivity index (χ2v) is 22.9. The van der Waals surface area contributed by atoms with Gasteiger partial charge < -0.3 is 43.8 Å². The molecule has 0 aromatic carbocycles. The zero-order valence-electron chi connectivity index (χ0n) is 53.5. The molecular formula is C59H116N2O15S2. The van der Waals surface area contributed by atoms with Gasteiger partial charge >= 0.3 is 18.2 Å². The molecule has 0 aliphatic rings. The minimum atomic E-state index is -0.905. The first kappa shape index (κ1) is 86.2. The van der Waals surface area contributed by atoms with Crippen LogP contribution in [-0.2, 0) is 61.9 Å². The largest absolute Gasteiger partial charge is 0.465 e. The molecule has 6 atom stereocenters. The van der Waals surface area contributed by atoms with Gasteiger partial charge in [0.05, 0.1) is 39.0 Å². The molecule has 6 unspecified atom stereocenters. The molecule has 0 fully saturated rings. The topological polar surface area (TPSA) is 225 Å². The summed E-state index contributed by atoms with van der Waals surface area (Å²) in [5, 5.41) is 4.93. The monoisotopic (exact) mass is 1160 g/mol. The second kappa shape index (κ2) is 57.1. The van der Waals surface area contributed by atoms with Crippen molar-refractivity contribution in [2.75, 3.05) is 104 Å². The van der Waals surface area contributed by atoms with Crippen LogP contribution in [0, 0.1) is 65.1 Å². The summed E-state index contributed by atoms with van der Waals surface area (Å²) in [5.74, 6) is 4.30. The number of carbonyl (C=O) groups excluding carboxylic acids is 8. The van der Waals surface area contributed by atoms with Crippen LogP contribution in [0.1, 0.15) is 158 Å². The van der Waals surface area contributed by atoms with Crippen molar-refractivity contribution in [3.05, 3.63) is 0 Å². The van der Waals surface area contributed by atoms with Crippen molar-refractivity contribution in [1.82, 2.24) is 10.6 Å². The Balaban J connectivity index is -0.000000214. The summed E-state index contributed by atoms with van der Waals surface area (Å²) in [5.41, 5.74) is 0. The number of rotatable bonds is 35. The minimum absolute atomic E-state index is 0.000874. The Morgan fingerprint density at radius 1 is 0.410 bits per heavy atom. The maximum Gasteiger partial charge on any atom is 0.407 e. The Bertz CT molecular complexity index is 1420. The maximum absolute atomic E-state index is 12.2. The number of methoxy groups -OCH3 is 2. The van der Waals surface area contributed by atoms with Crippen LogP contribution in [0.3, 0.4) is 0 Å². The van der Waals surface area contributed by atoms with E-state index in [0.717, 1.165) is 30.8 Å². The van der Waals surface area contributed by atoms with Crippen LogP contribution in [0.2, 0.25) is 0 Å². The lowest BCUT2D eigenvalue weighted by Gasteiger charge is -2.19. The lowest BCUT2D eigenvalue weighted by Crippen LogP contribution is -2.50. The third-order valence-electron chi connectivity index (χ3n) is 10.8. The van der Waals surface area contributed by atoms with Gasteiger partial charge in [-0.25, -0.2) is 9.59 Å². The number of nitrogens with one attached hydrogen (secondary N) is 2. The smallest absolute Gasteiger partial charge is 0.407 e. The number of amides is 2. The molecule has 0 spiro atoms. The van der Waals surface area contributed by atoms with E-state index >= 15 is 0 Å². The molecule has 78 heavy (non-hydrogen) atoms. The van der Waals surface area contributed by atoms with Gasteiger partial charge in [0.1, 0.15) is 42.4 Å². The Kier molecular flexibility index (Phi) is 63.1. The molecule has 17 nitrogen and oxygen atoms in total. The Labute approximate surface area is 483 Å². The number of thioether (sulfide) groups is 2. The van der Waals surface area contributed by atoms with Crippen LogP contribution in [0.4, 0.5) is 9.59 Å². The zero-order valence-corrected chi connectivity index (χ0v) is 55.1. The van der Waals surface area contributed by atoms with Crippen molar-refractivity contribution < 1.29 is 71.5 Å². The molecule has 0 aliphatic heterocycles. The number of ether oxygens (including phenoxy) is 7. The van der Waals surface area contributed by atoms with E-state index in [9.17, 15) is 38.4 Å². The third-order valence-corrected chi connectivity index (χ3v) is 12.5. The van der Waals surface area contributed by atoms with Crippen LogP contribution in [0.5, 0.6) is 0 Å². The molecule has 464 valence electrons. The van der Waals surface area contributed by atoms with E-state index < -0.39 is 18.2 Å². The quantitative estimate of drug-likeness (QED) is 0.0342. The first-order valence-corrected chi connectivity index (χ1v) is 31.0. The number of hydrogen-bond donors (Lipinski definition) is 2. The van der Waals surface area contributed by atoms with Gasteiger partial charge in [0.15, 0.2) is 5.78 Å². The van der Waals surface area contributed by atoms with Crippen molar-refractivity contribution in [2.24, 2.45) is 65.1 Å². The molecule has 2 N–H and O–H groups in total. The number of hydrogen-bond acceptors (Lipinski definition) is 17. The zero-order chi connectivity index (χ0) is 61.9. The summed E-state index contributed by atoms with van der Waals surface area (Å²) in [6.07, 6.45) is 5.47. The molecule has 0 heterocycles. The normalized spacial score (nSPS) is 12.9. The standard InChI is InChI=1S/C18H34N2O7.C9H18O2.2C8H16O2.2C8H16OS/c1-5-7-24-9-11-26-17(22)19-13-15(16(21)14(3)4)20-18(23)27-12-10-25-8-6-2;1-5-8(4)6-11-9(10)7(2)3;4*1-6(2)8(9)7(3)5-10-4/h14-15H,5-13H2,1-4H3,(H,19,22)(H,20,23);7-8H,5-6H2,1-4H3;4*6-7H,5H2,1-4H3. The number of alkyl carbamates (subject to hydrolysis) is 2. The van der Waals surface area contributed by atoms with Crippen LogP contribution < -0.4 is 10.6 Å². The SMILES string of the molecule is CCC(C)COC(=O)C(C)C.CCCOCCOC(=O)NCC(NC(=O)OCCOCCC)C(=O)C(C)C.COCC(C)C(=O)C(C)C.COCC(C)C(=O)C(C)C.CSCC(C)C(=O)C(C)C.CSCC(C)C(=O)C(C)C. The summed E-state index contributed by atoms with van der Waals surface area (Å²) in [4.78, 5) is 91.4. The summed E-state index contributed by atoms with van der Waals surface area (Å²) in [6.45, 7) is 42.0. The van der Waals surface area contributed by atoms with Crippen molar-refractivity contribution in [3.63, 3.8) is 0 Å². The van der Waals surface area contributed by atoms with Crippen molar-refractivity contribution in [2.45, 2.75) is 164 Å². The lowest BCUT2D eigenvalue weighted by molar-refractivity contribution is -0.148. The van der Waals surface area contributed by atoms with E-state index in [1.165, 1.54) is 0 Å². The summed E-state index contributed by atoms with van der Waals surface area (Å²) in [6, 6.07) is -0.905. The van der Waals surface area contributed by atoms with E-state index in [4.69, 9.17) is 33.2 Å². The minimum Gasteiger partial charge on any atom is -0.465 e. The van der Waals surface area contributed by atoms with Gasteiger partial charge in [-0.1, -0.05) is 145 Å². The van der Waals surface area contributed by atoms with Crippen LogP contribution in [-0.4, -0.2) is 157 Å². The van der Waals surface area contributed by atoms with E-state index in [0.29, 0.717) is 57.1 Å². The molecular weight excluding hydrogens is 1040 g/mol. The fourth-order valence-electron chi connectivity index (χ4n) is 6.04. The average molecular weight is 1160 g/mol. The van der Waals surface area contributed by atoms with E-state index in [1.807, 2.05) is 123 Å². The molecule has 0 radical (unpaired) electrons. The average Bonchev–Trinajstić information content (AvgIpc) is 3.38. The molecule has 19 heteroatoms. The van der Waals surface area contributed by atoms with E-state index in [-0.39, 0.29) is 109 Å². The second-order valence-electron chi connectivity index (χ2n) is 21.1. The highest BCUT2D eigenvalue weighted by atomic mass is 32.2. The number of Topliss-reactive ketones (excluding diaryl/α,β-unsaturated/α-hetero) is 5. The first-order chi connectivity index (χ1) is 36.4. The molecule has 0 aliphatic carbocycles. The maximum atomic E-state index is 12.2. The van der Waals surface area contributed by atoms with Gasteiger partial charge in [-0.15, -0.1) is 0 Å². The fraction of sp³-hybridized carbons (Fsp3) is 0.864. The van der Waals surface area contributed by atoms with Gasteiger partial charge in [-0.3, -0.25) is 28.8 Å². The van der Waals surface area contributed by atoms with Gasteiger partial charge in [-0.05, 0) is 31.3 Å². The molecule has 0 saturated carbocycles. The molecule has 0 rings (SSSR count). The molecule has 0 aromatic rings. The molecule has 2 amide bonds. The number of esters is 1. The lowest BCUT2D eigenvalue weighted by atomic mass is 9.98. The summed E-state index contributed by atoms with van der Waals surface area (Å²) >= 11 is 3.47. The Hall–Kier alpha value is -3.10. The Morgan fingerprint density at radius 2 is 0.756 bits per heavy atom. The summed E-state index contributed by atoms with van der Waals surface area (Å²) in [7, 11) is 3.23. The number of ketones is 5. The molecule has 0 saturated heterocycles. The van der Waals surface area contributed by atoms with Gasteiger partial charge in [0.2, 0.25) is 0 Å². The number of carbonyl (C=O) groups is 8. The third kappa shape index (κ3) is 54.8. The van der Waals surface area contributed by atoms with Crippen molar-refractivity contribution >= 4 is 70.6 Å². The molecule has 0 bridgehead atoms. The Morgan fingerprint density at radius 3 is 1.05 bits per heavy atom. The van der Waals surface area contributed by atoms with Crippen LogP contribution in [0.15, 0.2) is 0 Å². The first-order valence-electron chi connectivity index (χ1n) is 28.2. The van der Waals surface area contributed by atoms with E-state index in [2.05, 4.69) is 24.5 Å². The summed E-state index contributed by atoms with van der Waals surface area (Å²) < 4.78 is 35.0. The van der Waals surface area contributed by atoms with Crippen LogP contribution in [0.25, 0.3) is 0 Å². The fourth-order valence-corrected chi connectivity index (χ4v) is 7.37. The van der Waals surface area contributed by atoms with Gasteiger partial charge in [0.25, 0.3) is 0 Å². The van der Waals surface area contributed by atoms with E-state index in [1.54, 1.807) is 51.6 Å². The van der Waals surface area contributed by atoms with Gasteiger partial charge in [-0.2, -0.15) is 23.5 Å². The van der Waals surface area contributed by atoms with Crippen molar-refractivity contribution in [1.29, 1.82) is 0 Å².